The number of aryl methyl sites for hydroxylation is 1. The summed E-state index contributed by atoms with van der Waals surface area (Å²) in [5.41, 5.74) is 3.01. The van der Waals surface area contributed by atoms with Gasteiger partial charge in [-0.05, 0) is 25.1 Å². The molecule has 2 heterocycles. The molecular formula is C14H10BrN3S. The minimum atomic E-state index is 0.867. The van der Waals surface area contributed by atoms with Gasteiger partial charge in [-0.2, -0.15) is 0 Å². The molecule has 0 amide bonds. The molecule has 0 spiro atoms. The average molecular weight is 332 g/mol. The molecule has 0 aliphatic carbocycles. The third-order valence-electron chi connectivity index (χ3n) is 2.72. The topological polar surface area (TPSA) is 38.7 Å². The first-order chi connectivity index (χ1) is 9.24. The Hall–Kier alpha value is -1.59. The lowest BCUT2D eigenvalue weighted by molar-refractivity contribution is 1.16. The van der Waals surface area contributed by atoms with Gasteiger partial charge in [0, 0.05) is 21.1 Å². The third-order valence-corrected chi connectivity index (χ3v) is 4.24. The molecule has 0 radical (unpaired) electrons. The molecule has 19 heavy (non-hydrogen) atoms. The second-order valence-corrected chi connectivity index (χ2v) is 6.14. The Labute approximate surface area is 123 Å². The Bertz CT molecular complexity index is 692. The van der Waals surface area contributed by atoms with E-state index in [9.17, 15) is 0 Å². The molecule has 0 saturated carbocycles. The summed E-state index contributed by atoms with van der Waals surface area (Å²) in [4.78, 5) is 14.1. The first kappa shape index (κ1) is 12.4. The Morgan fingerprint density at radius 3 is 2.58 bits per heavy atom. The molecule has 1 aromatic carbocycles. The number of aromatic nitrogens is 3. The van der Waals surface area contributed by atoms with Crippen LogP contribution in [0.4, 0.5) is 0 Å². The van der Waals surface area contributed by atoms with Gasteiger partial charge in [0.2, 0.25) is 0 Å². The fourth-order valence-electron chi connectivity index (χ4n) is 1.80. The zero-order chi connectivity index (χ0) is 13.2. The summed E-state index contributed by atoms with van der Waals surface area (Å²) in [5.74, 6) is 0. The van der Waals surface area contributed by atoms with Crippen molar-refractivity contribution in [1.29, 1.82) is 0 Å². The molecule has 0 bridgehead atoms. The molecule has 3 aromatic rings. The second kappa shape index (κ2) is 5.19. The van der Waals surface area contributed by atoms with Crippen LogP contribution in [0.25, 0.3) is 22.0 Å². The van der Waals surface area contributed by atoms with Crippen molar-refractivity contribution in [2.75, 3.05) is 0 Å². The first-order valence-corrected chi connectivity index (χ1v) is 7.35. The number of benzene rings is 1. The fourth-order valence-corrected chi connectivity index (χ4v) is 2.98. The van der Waals surface area contributed by atoms with E-state index in [1.54, 1.807) is 23.9 Å². The van der Waals surface area contributed by atoms with Crippen molar-refractivity contribution < 1.29 is 0 Å². The van der Waals surface area contributed by atoms with Crippen LogP contribution in [0.15, 0.2) is 47.3 Å². The summed E-state index contributed by atoms with van der Waals surface area (Å²) in [6.07, 6.45) is 3.28. The van der Waals surface area contributed by atoms with Gasteiger partial charge >= 0.3 is 0 Å². The summed E-state index contributed by atoms with van der Waals surface area (Å²) < 4.78 is 1.07. The maximum Gasteiger partial charge on any atom is 0.142 e. The van der Waals surface area contributed by atoms with Crippen molar-refractivity contribution >= 4 is 27.3 Å². The number of hydrogen-bond acceptors (Lipinski definition) is 4. The minimum Gasteiger partial charge on any atom is -0.245 e. The van der Waals surface area contributed by atoms with Crippen LogP contribution in [0.3, 0.4) is 0 Å². The lowest BCUT2D eigenvalue weighted by Gasteiger charge is -1.98. The van der Waals surface area contributed by atoms with E-state index < -0.39 is 0 Å². The van der Waals surface area contributed by atoms with Gasteiger partial charge < -0.3 is 0 Å². The maximum absolute atomic E-state index is 4.69. The van der Waals surface area contributed by atoms with Gasteiger partial charge in [-0.15, -0.1) is 11.3 Å². The summed E-state index contributed by atoms with van der Waals surface area (Å²) >= 11 is 5.10. The zero-order valence-corrected chi connectivity index (χ0v) is 12.6. The molecule has 0 aliphatic heterocycles. The smallest absolute Gasteiger partial charge is 0.142 e. The van der Waals surface area contributed by atoms with Crippen molar-refractivity contribution in [3.8, 4) is 22.0 Å². The third kappa shape index (κ3) is 2.57. The molecule has 0 unspecified atom stereocenters. The molecule has 0 fully saturated rings. The minimum absolute atomic E-state index is 0.867. The predicted molar refractivity (Wildman–Crippen MR) is 81.0 cm³/mol. The molecule has 94 valence electrons. The molecule has 0 aliphatic rings. The number of halogens is 1. The van der Waals surface area contributed by atoms with Crippen LogP contribution in [0.5, 0.6) is 0 Å². The van der Waals surface area contributed by atoms with Gasteiger partial charge in [0.05, 0.1) is 5.69 Å². The van der Waals surface area contributed by atoms with Crippen molar-refractivity contribution in [3.63, 3.8) is 0 Å². The maximum atomic E-state index is 4.69. The van der Waals surface area contributed by atoms with E-state index in [4.69, 9.17) is 4.98 Å². The van der Waals surface area contributed by atoms with E-state index in [-0.39, 0.29) is 0 Å². The summed E-state index contributed by atoms with van der Waals surface area (Å²) in [7, 11) is 0. The van der Waals surface area contributed by atoms with Gasteiger partial charge in [-0.25, -0.2) is 15.0 Å². The summed E-state index contributed by atoms with van der Waals surface area (Å²) in [6, 6.07) is 10.1. The molecule has 5 heteroatoms. The highest BCUT2D eigenvalue weighted by atomic mass is 79.9. The van der Waals surface area contributed by atoms with Gasteiger partial charge in [0.1, 0.15) is 17.0 Å². The predicted octanol–water partition coefficient (Wildman–Crippen LogP) is 4.34. The highest BCUT2D eigenvalue weighted by molar-refractivity contribution is 9.10. The van der Waals surface area contributed by atoms with Crippen molar-refractivity contribution in [2.45, 2.75) is 6.92 Å². The van der Waals surface area contributed by atoms with Crippen LogP contribution in [0.2, 0.25) is 0 Å². The van der Waals surface area contributed by atoms with Crippen LogP contribution in [-0.2, 0) is 0 Å². The van der Waals surface area contributed by atoms with E-state index in [2.05, 4.69) is 45.0 Å². The van der Waals surface area contributed by atoms with Crippen LogP contribution >= 0.6 is 27.3 Å². The van der Waals surface area contributed by atoms with Gasteiger partial charge in [-0.3, -0.25) is 0 Å². The van der Waals surface area contributed by atoms with Crippen LogP contribution in [-0.4, -0.2) is 15.0 Å². The molecule has 3 nitrogen and oxygen atoms in total. The van der Waals surface area contributed by atoms with Crippen molar-refractivity contribution in [2.24, 2.45) is 0 Å². The van der Waals surface area contributed by atoms with E-state index >= 15 is 0 Å². The van der Waals surface area contributed by atoms with Crippen molar-refractivity contribution in [3.05, 3.63) is 52.2 Å². The largest absolute Gasteiger partial charge is 0.245 e. The second-order valence-electron chi connectivity index (χ2n) is 4.03. The average Bonchev–Trinajstić information content (AvgIpc) is 2.83. The van der Waals surface area contributed by atoms with Crippen LogP contribution in [0, 0.1) is 6.92 Å². The first-order valence-electron chi connectivity index (χ1n) is 5.74. The van der Waals surface area contributed by atoms with E-state index in [1.807, 2.05) is 18.2 Å². The van der Waals surface area contributed by atoms with Crippen LogP contribution < -0.4 is 0 Å². The lowest BCUT2D eigenvalue weighted by atomic mass is 10.1. The van der Waals surface area contributed by atoms with Gasteiger partial charge in [0.25, 0.3) is 0 Å². The summed E-state index contributed by atoms with van der Waals surface area (Å²) in [6.45, 7) is 2.08. The fraction of sp³-hybridized carbons (Fsp3) is 0.0714. The highest BCUT2D eigenvalue weighted by Crippen LogP contribution is 2.32. The molecule has 0 N–H and O–H groups in total. The Morgan fingerprint density at radius 2 is 1.89 bits per heavy atom. The lowest BCUT2D eigenvalue weighted by Crippen LogP contribution is -1.84. The molecular weight excluding hydrogens is 322 g/mol. The summed E-state index contributed by atoms with van der Waals surface area (Å²) in [5, 5.41) is 0.929. The standard InChI is InChI=1S/C14H10BrN3S/c1-9-13(10-2-4-11(15)5-3-10)18-14(19-9)12-6-7-16-8-17-12/h2-8H,1H3. The number of rotatable bonds is 2. The molecule has 3 rings (SSSR count). The van der Waals surface area contributed by atoms with E-state index in [0.29, 0.717) is 0 Å². The van der Waals surface area contributed by atoms with E-state index in [0.717, 1.165) is 26.4 Å². The van der Waals surface area contributed by atoms with Gasteiger partial charge in [0.15, 0.2) is 0 Å². The highest BCUT2D eigenvalue weighted by Gasteiger charge is 2.11. The SMILES string of the molecule is Cc1sc(-c2ccncn2)nc1-c1ccc(Br)cc1. The monoisotopic (exact) mass is 331 g/mol. The Kier molecular flexibility index (Phi) is 3.40. The normalized spacial score (nSPS) is 10.6. The zero-order valence-electron chi connectivity index (χ0n) is 10.2. The number of hydrogen-bond donors (Lipinski definition) is 0. The van der Waals surface area contributed by atoms with E-state index in [1.165, 1.54) is 4.88 Å². The Balaban J connectivity index is 2.05. The Morgan fingerprint density at radius 1 is 1.11 bits per heavy atom. The molecule has 0 atom stereocenters. The molecule has 0 saturated heterocycles. The number of thiazole rings is 1. The number of nitrogens with zero attached hydrogens (tertiary/aromatic N) is 3. The molecule has 2 aromatic heterocycles. The quantitative estimate of drug-likeness (QED) is 0.701. The van der Waals surface area contributed by atoms with Gasteiger partial charge in [-0.1, -0.05) is 28.1 Å². The van der Waals surface area contributed by atoms with Crippen LogP contribution in [0.1, 0.15) is 4.88 Å². The van der Waals surface area contributed by atoms with Crippen molar-refractivity contribution in [1.82, 2.24) is 15.0 Å².